The average Bonchev–Trinajstić information content (AvgIpc) is 2.79. The summed E-state index contributed by atoms with van der Waals surface area (Å²) in [5.41, 5.74) is 5.54. The van der Waals surface area contributed by atoms with Crippen LogP contribution in [0.2, 0.25) is 0 Å². The number of thioether (sulfide) groups is 1. The van der Waals surface area contributed by atoms with E-state index in [2.05, 4.69) is 0 Å². The monoisotopic (exact) mass is 246 g/mol. The molecule has 1 amide bonds. The van der Waals surface area contributed by atoms with Crippen molar-refractivity contribution < 1.29 is 14.3 Å². The second-order valence-electron chi connectivity index (χ2n) is 3.70. The van der Waals surface area contributed by atoms with E-state index in [4.69, 9.17) is 10.5 Å². The van der Waals surface area contributed by atoms with E-state index in [1.807, 2.05) is 11.8 Å². The van der Waals surface area contributed by atoms with Gasteiger partial charge in [-0.3, -0.25) is 4.79 Å². The van der Waals surface area contributed by atoms with Gasteiger partial charge in [0.05, 0.1) is 6.61 Å². The minimum atomic E-state index is -1.18. The Morgan fingerprint density at radius 2 is 2.31 bits per heavy atom. The highest BCUT2D eigenvalue weighted by molar-refractivity contribution is 7.99. The van der Waals surface area contributed by atoms with Gasteiger partial charge in [0.25, 0.3) is 5.91 Å². The summed E-state index contributed by atoms with van der Waals surface area (Å²) in [6, 6.07) is -0.992. The molecule has 1 rings (SSSR count). The molecule has 0 spiro atoms. The third kappa shape index (κ3) is 3.12. The van der Waals surface area contributed by atoms with Gasteiger partial charge in [0.2, 0.25) is 0 Å². The number of hydrogen-bond acceptors (Lipinski definition) is 5. The molecule has 0 aromatic carbocycles. The van der Waals surface area contributed by atoms with Crippen molar-refractivity contribution in [3.8, 4) is 0 Å². The van der Waals surface area contributed by atoms with E-state index in [1.165, 1.54) is 0 Å². The van der Waals surface area contributed by atoms with Gasteiger partial charge < -0.3 is 15.4 Å². The summed E-state index contributed by atoms with van der Waals surface area (Å²) in [4.78, 5) is 24.7. The summed E-state index contributed by atoms with van der Waals surface area (Å²) in [6.45, 7) is 1.93. The van der Waals surface area contributed by atoms with E-state index in [-0.39, 0.29) is 18.6 Å². The summed E-state index contributed by atoms with van der Waals surface area (Å²) < 4.78 is 4.72. The van der Waals surface area contributed by atoms with E-state index < -0.39 is 12.0 Å². The maximum Gasteiger partial charge on any atom is 0.332 e. The molecule has 2 unspecified atom stereocenters. The van der Waals surface area contributed by atoms with Gasteiger partial charge in [0.1, 0.15) is 0 Å². The maximum atomic E-state index is 11.8. The molecule has 16 heavy (non-hydrogen) atoms. The first-order valence-electron chi connectivity index (χ1n) is 5.34. The smallest absolute Gasteiger partial charge is 0.332 e. The fraction of sp³-hybridized carbons (Fsp3) is 0.800. The molecule has 92 valence electrons. The number of rotatable bonds is 4. The van der Waals surface area contributed by atoms with Crippen LogP contribution >= 0.6 is 11.8 Å². The number of amides is 1. The van der Waals surface area contributed by atoms with Gasteiger partial charge in [-0.2, -0.15) is 11.8 Å². The van der Waals surface area contributed by atoms with Gasteiger partial charge in [0.15, 0.2) is 6.04 Å². The molecule has 0 radical (unpaired) electrons. The van der Waals surface area contributed by atoms with Crippen LogP contribution in [0.15, 0.2) is 0 Å². The SMILES string of the molecule is CCOC(=O)C(N)C(=O)N(C)C1CCSC1. The van der Waals surface area contributed by atoms with Gasteiger partial charge in [-0.15, -0.1) is 0 Å². The third-order valence-electron chi connectivity index (χ3n) is 2.61. The van der Waals surface area contributed by atoms with Crippen LogP contribution in [0.3, 0.4) is 0 Å². The Morgan fingerprint density at radius 3 is 2.81 bits per heavy atom. The average molecular weight is 246 g/mol. The topological polar surface area (TPSA) is 72.6 Å². The van der Waals surface area contributed by atoms with E-state index in [0.29, 0.717) is 0 Å². The van der Waals surface area contributed by atoms with Crippen LogP contribution in [0.4, 0.5) is 0 Å². The van der Waals surface area contributed by atoms with Crippen LogP contribution in [0.5, 0.6) is 0 Å². The summed E-state index contributed by atoms with van der Waals surface area (Å²) in [5, 5.41) is 0. The molecule has 1 aliphatic heterocycles. The number of esters is 1. The molecule has 2 atom stereocenters. The lowest BCUT2D eigenvalue weighted by Crippen LogP contribution is -2.50. The Balaban J connectivity index is 2.51. The number of ether oxygens (including phenoxy) is 1. The Kier molecular flexibility index (Phi) is 5.08. The number of nitrogens with two attached hydrogens (primary N) is 1. The van der Waals surface area contributed by atoms with Crippen molar-refractivity contribution in [2.45, 2.75) is 25.4 Å². The third-order valence-corrected chi connectivity index (χ3v) is 3.75. The Hall–Kier alpha value is -0.750. The van der Waals surface area contributed by atoms with Crippen molar-refractivity contribution in [3.05, 3.63) is 0 Å². The zero-order chi connectivity index (χ0) is 12.1. The Bertz CT molecular complexity index is 267. The number of nitrogens with zero attached hydrogens (tertiary/aromatic N) is 1. The van der Waals surface area contributed by atoms with Crippen molar-refractivity contribution in [2.75, 3.05) is 25.2 Å². The molecule has 0 saturated carbocycles. The first kappa shape index (κ1) is 13.3. The molecule has 0 aromatic rings. The summed E-state index contributed by atoms with van der Waals surface area (Å²) in [6.07, 6.45) is 0.961. The Labute approximate surface area is 99.7 Å². The predicted molar refractivity (Wildman–Crippen MR) is 63.1 cm³/mol. The maximum absolute atomic E-state index is 11.8. The molecule has 6 heteroatoms. The number of likely N-dealkylation sites (N-methyl/N-ethyl adjacent to an activating group) is 1. The van der Waals surface area contributed by atoms with Crippen molar-refractivity contribution in [3.63, 3.8) is 0 Å². The molecular formula is C10H18N2O3S. The van der Waals surface area contributed by atoms with E-state index >= 15 is 0 Å². The zero-order valence-electron chi connectivity index (χ0n) is 9.64. The summed E-state index contributed by atoms with van der Waals surface area (Å²) >= 11 is 1.81. The van der Waals surface area contributed by atoms with Gasteiger partial charge in [-0.25, -0.2) is 4.79 Å². The lowest BCUT2D eigenvalue weighted by atomic mass is 10.2. The molecular weight excluding hydrogens is 228 g/mol. The largest absolute Gasteiger partial charge is 0.464 e. The van der Waals surface area contributed by atoms with E-state index in [1.54, 1.807) is 18.9 Å². The number of hydrogen-bond donors (Lipinski definition) is 1. The second-order valence-corrected chi connectivity index (χ2v) is 4.85. The van der Waals surface area contributed by atoms with Gasteiger partial charge in [-0.05, 0) is 19.1 Å². The second kappa shape index (κ2) is 6.10. The van der Waals surface area contributed by atoms with E-state index in [9.17, 15) is 9.59 Å². The molecule has 0 aliphatic carbocycles. The van der Waals surface area contributed by atoms with Gasteiger partial charge in [-0.1, -0.05) is 0 Å². The van der Waals surface area contributed by atoms with Crippen LogP contribution in [-0.4, -0.2) is 54.0 Å². The van der Waals surface area contributed by atoms with Gasteiger partial charge >= 0.3 is 5.97 Å². The normalized spacial score (nSPS) is 21.6. The predicted octanol–water partition coefficient (Wildman–Crippen LogP) is -0.159. The Morgan fingerprint density at radius 1 is 1.62 bits per heavy atom. The molecule has 2 N–H and O–H groups in total. The van der Waals surface area contributed by atoms with Crippen LogP contribution in [0.25, 0.3) is 0 Å². The molecule has 1 fully saturated rings. The summed E-state index contributed by atoms with van der Waals surface area (Å²) in [5.74, 6) is 0.963. The zero-order valence-corrected chi connectivity index (χ0v) is 10.5. The minimum absolute atomic E-state index is 0.193. The van der Waals surface area contributed by atoms with Crippen LogP contribution in [-0.2, 0) is 14.3 Å². The van der Waals surface area contributed by atoms with Crippen molar-refractivity contribution >= 4 is 23.6 Å². The lowest BCUT2D eigenvalue weighted by molar-refractivity contribution is -0.151. The number of carbonyl (C=O) groups is 2. The molecule has 1 heterocycles. The fourth-order valence-electron chi connectivity index (χ4n) is 1.56. The standard InChI is InChI=1S/C10H18N2O3S/c1-3-15-10(14)8(11)9(13)12(2)7-4-5-16-6-7/h7-8H,3-6,11H2,1-2H3. The van der Waals surface area contributed by atoms with Crippen molar-refractivity contribution in [1.82, 2.24) is 4.90 Å². The van der Waals surface area contributed by atoms with E-state index in [0.717, 1.165) is 17.9 Å². The first-order valence-corrected chi connectivity index (χ1v) is 6.50. The molecule has 1 saturated heterocycles. The molecule has 1 aliphatic rings. The molecule has 5 nitrogen and oxygen atoms in total. The lowest BCUT2D eigenvalue weighted by Gasteiger charge is -2.25. The highest BCUT2D eigenvalue weighted by Crippen LogP contribution is 2.21. The van der Waals surface area contributed by atoms with Crippen molar-refractivity contribution in [1.29, 1.82) is 0 Å². The van der Waals surface area contributed by atoms with Gasteiger partial charge in [0, 0.05) is 18.8 Å². The van der Waals surface area contributed by atoms with Crippen LogP contribution in [0.1, 0.15) is 13.3 Å². The van der Waals surface area contributed by atoms with Crippen molar-refractivity contribution in [2.24, 2.45) is 5.73 Å². The first-order chi connectivity index (χ1) is 7.57. The fourth-order valence-corrected chi connectivity index (χ4v) is 2.83. The number of carbonyl (C=O) groups excluding carboxylic acids is 2. The van der Waals surface area contributed by atoms with Crippen LogP contribution < -0.4 is 5.73 Å². The van der Waals surface area contributed by atoms with Crippen LogP contribution in [0, 0.1) is 0 Å². The highest BCUT2D eigenvalue weighted by atomic mass is 32.2. The highest BCUT2D eigenvalue weighted by Gasteiger charge is 2.31. The molecule has 0 bridgehead atoms. The quantitative estimate of drug-likeness (QED) is 0.551. The summed E-state index contributed by atoms with van der Waals surface area (Å²) in [7, 11) is 1.69. The molecule has 0 aromatic heterocycles. The minimum Gasteiger partial charge on any atom is -0.464 e.